The van der Waals surface area contributed by atoms with Crippen molar-refractivity contribution >= 4 is 11.8 Å². The lowest BCUT2D eigenvalue weighted by Crippen LogP contribution is -2.28. The van der Waals surface area contributed by atoms with Crippen LogP contribution >= 0.6 is 0 Å². The van der Waals surface area contributed by atoms with Crippen LogP contribution in [0.15, 0.2) is 30.5 Å². The first-order valence-electron chi connectivity index (χ1n) is 10.6. The van der Waals surface area contributed by atoms with Crippen LogP contribution < -0.4 is 16.4 Å². The molecule has 0 bridgehead atoms. The van der Waals surface area contributed by atoms with Gasteiger partial charge in [0.25, 0.3) is 11.8 Å². The van der Waals surface area contributed by atoms with Gasteiger partial charge < -0.3 is 16.4 Å². The van der Waals surface area contributed by atoms with E-state index in [0.717, 1.165) is 25.7 Å². The summed E-state index contributed by atoms with van der Waals surface area (Å²) in [6, 6.07) is 6.35. The summed E-state index contributed by atoms with van der Waals surface area (Å²) < 4.78 is 14.6. The van der Waals surface area contributed by atoms with E-state index in [0.29, 0.717) is 34.8 Å². The monoisotopic (exact) mass is 410 g/mol. The van der Waals surface area contributed by atoms with E-state index in [9.17, 15) is 14.0 Å². The van der Waals surface area contributed by atoms with Crippen LogP contribution in [-0.2, 0) is 6.54 Å². The molecule has 0 atom stereocenters. The van der Waals surface area contributed by atoms with Gasteiger partial charge in [0.15, 0.2) is 0 Å². The molecule has 7 heteroatoms. The van der Waals surface area contributed by atoms with Crippen molar-refractivity contribution in [3.05, 3.63) is 53.0 Å². The van der Waals surface area contributed by atoms with Crippen LogP contribution in [0.25, 0.3) is 11.3 Å². The van der Waals surface area contributed by atoms with Gasteiger partial charge in [0.1, 0.15) is 5.82 Å². The number of rotatable bonds is 7. The lowest BCUT2D eigenvalue weighted by molar-refractivity contribution is 0.0940. The molecule has 2 aliphatic rings. The number of aromatic nitrogens is 1. The van der Waals surface area contributed by atoms with Crippen molar-refractivity contribution in [2.24, 2.45) is 11.7 Å². The van der Waals surface area contributed by atoms with E-state index in [-0.39, 0.29) is 30.0 Å². The number of benzene rings is 1. The molecule has 2 aromatic rings. The molecule has 0 radical (unpaired) electrons. The van der Waals surface area contributed by atoms with Crippen molar-refractivity contribution < 1.29 is 14.0 Å². The van der Waals surface area contributed by atoms with E-state index in [4.69, 9.17) is 5.73 Å². The minimum Gasteiger partial charge on any atom is -0.352 e. The van der Waals surface area contributed by atoms with E-state index in [1.165, 1.54) is 25.1 Å². The molecule has 30 heavy (non-hydrogen) atoms. The van der Waals surface area contributed by atoms with Crippen molar-refractivity contribution in [1.82, 2.24) is 15.6 Å². The van der Waals surface area contributed by atoms with Gasteiger partial charge in [-0.2, -0.15) is 0 Å². The van der Waals surface area contributed by atoms with Gasteiger partial charge in [-0.25, -0.2) is 4.39 Å². The SMILES string of the molecule is NCc1c(F)cc(C(=O)NC2CC2)cc1-c1ccc(C(=O)NCC2CCCC2)cn1. The van der Waals surface area contributed by atoms with Gasteiger partial charge in [-0.1, -0.05) is 12.8 Å². The summed E-state index contributed by atoms with van der Waals surface area (Å²) >= 11 is 0. The van der Waals surface area contributed by atoms with E-state index < -0.39 is 5.82 Å². The van der Waals surface area contributed by atoms with Gasteiger partial charge in [0, 0.05) is 42.0 Å². The Hall–Kier alpha value is -2.80. The van der Waals surface area contributed by atoms with Gasteiger partial charge in [-0.15, -0.1) is 0 Å². The molecule has 1 aromatic carbocycles. The molecule has 2 fully saturated rings. The molecule has 2 amide bonds. The zero-order valence-electron chi connectivity index (χ0n) is 16.9. The van der Waals surface area contributed by atoms with Crippen molar-refractivity contribution in [3.8, 4) is 11.3 Å². The molecule has 0 spiro atoms. The number of nitrogens with one attached hydrogen (secondary N) is 2. The molecular formula is C23H27FN4O2. The molecule has 1 aromatic heterocycles. The highest BCUT2D eigenvalue weighted by molar-refractivity contribution is 5.96. The first-order valence-corrected chi connectivity index (χ1v) is 10.6. The molecule has 4 N–H and O–H groups in total. The number of carbonyl (C=O) groups is 2. The third-order valence-electron chi connectivity index (χ3n) is 5.90. The first kappa shape index (κ1) is 20.5. The molecule has 4 rings (SSSR count). The van der Waals surface area contributed by atoms with Crippen molar-refractivity contribution in [1.29, 1.82) is 0 Å². The maximum Gasteiger partial charge on any atom is 0.252 e. The summed E-state index contributed by atoms with van der Waals surface area (Å²) in [4.78, 5) is 29.1. The summed E-state index contributed by atoms with van der Waals surface area (Å²) in [5, 5.41) is 5.83. The van der Waals surface area contributed by atoms with Crippen LogP contribution in [0.1, 0.15) is 64.8 Å². The topological polar surface area (TPSA) is 97.1 Å². The second-order valence-electron chi connectivity index (χ2n) is 8.23. The minimum absolute atomic E-state index is 0.0169. The number of nitrogens with zero attached hydrogens (tertiary/aromatic N) is 1. The van der Waals surface area contributed by atoms with Crippen LogP contribution in [0.5, 0.6) is 0 Å². The molecule has 0 unspecified atom stereocenters. The van der Waals surface area contributed by atoms with E-state index in [1.807, 2.05) is 0 Å². The van der Waals surface area contributed by atoms with Crippen molar-refractivity contribution in [3.63, 3.8) is 0 Å². The third kappa shape index (κ3) is 4.67. The highest BCUT2D eigenvalue weighted by Gasteiger charge is 2.25. The molecule has 2 saturated carbocycles. The molecule has 6 nitrogen and oxygen atoms in total. The van der Waals surface area contributed by atoms with Gasteiger partial charge >= 0.3 is 0 Å². The molecule has 0 aliphatic heterocycles. The van der Waals surface area contributed by atoms with Gasteiger partial charge in [0.2, 0.25) is 0 Å². The van der Waals surface area contributed by atoms with Crippen molar-refractivity contribution in [2.45, 2.75) is 51.1 Å². The van der Waals surface area contributed by atoms with E-state index >= 15 is 0 Å². The molecular weight excluding hydrogens is 383 g/mol. The van der Waals surface area contributed by atoms with Gasteiger partial charge in [-0.3, -0.25) is 14.6 Å². The lowest BCUT2D eigenvalue weighted by atomic mass is 9.99. The highest BCUT2D eigenvalue weighted by atomic mass is 19.1. The Labute approximate surface area is 175 Å². The van der Waals surface area contributed by atoms with E-state index in [2.05, 4.69) is 15.6 Å². The summed E-state index contributed by atoms with van der Waals surface area (Å²) in [5.74, 6) is -0.440. The summed E-state index contributed by atoms with van der Waals surface area (Å²) in [6.45, 7) is 0.665. The number of amides is 2. The number of nitrogens with two attached hydrogens (primary N) is 1. The molecule has 158 valence electrons. The van der Waals surface area contributed by atoms with Crippen LogP contribution in [0.2, 0.25) is 0 Å². The summed E-state index contributed by atoms with van der Waals surface area (Å²) in [5.41, 5.74) is 7.68. The predicted molar refractivity (Wildman–Crippen MR) is 112 cm³/mol. The number of carbonyl (C=O) groups excluding carboxylic acids is 2. The largest absolute Gasteiger partial charge is 0.352 e. The maximum atomic E-state index is 14.6. The molecule has 1 heterocycles. The fraction of sp³-hybridized carbons (Fsp3) is 0.435. The number of pyridine rings is 1. The third-order valence-corrected chi connectivity index (χ3v) is 5.90. The highest BCUT2D eigenvalue weighted by Crippen LogP contribution is 2.27. The summed E-state index contributed by atoms with van der Waals surface area (Å²) in [7, 11) is 0. The normalized spacial score (nSPS) is 16.5. The fourth-order valence-corrected chi connectivity index (χ4v) is 3.94. The Kier molecular flexibility index (Phi) is 6.08. The zero-order valence-corrected chi connectivity index (χ0v) is 16.9. The number of hydrogen-bond donors (Lipinski definition) is 3. The second kappa shape index (κ2) is 8.92. The Balaban J connectivity index is 1.52. The summed E-state index contributed by atoms with van der Waals surface area (Å²) in [6.07, 6.45) is 8.17. The standard InChI is InChI=1S/C23H27FN4O2/c24-20-10-16(23(30)28-17-6-7-17)9-18(19(20)11-25)21-8-5-15(13-26-21)22(29)27-12-14-3-1-2-4-14/h5,8-10,13-14,17H,1-4,6-7,11-12,25H2,(H,27,29)(H,28,30). The maximum absolute atomic E-state index is 14.6. The second-order valence-corrected chi connectivity index (χ2v) is 8.23. The average molecular weight is 410 g/mol. The quantitative estimate of drug-likeness (QED) is 0.653. The van der Waals surface area contributed by atoms with Gasteiger partial charge in [0.05, 0.1) is 11.3 Å². The Morgan fingerprint density at radius 2 is 1.83 bits per heavy atom. The zero-order chi connectivity index (χ0) is 21.1. The van der Waals surface area contributed by atoms with Crippen LogP contribution in [0.3, 0.4) is 0 Å². The Morgan fingerprint density at radius 3 is 2.47 bits per heavy atom. The van der Waals surface area contributed by atoms with Crippen LogP contribution in [0.4, 0.5) is 4.39 Å². The average Bonchev–Trinajstić information content (AvgIpc) is 3.41. The Bertz CT molecular complexity index is 935. The van der Waals surface area contributed by atoms with Crippen LogP contribution in [-0.4, -0.2) is 29.4 Å². The Morgan fingerprint density at radius 1 is 1.07 bits per heavy atom. The lowest BCUT2D eigenvalue weighted by Gasteiger charge is -2.13. The number of hydrogen-bond acceptors (Lipinski definition) is 4. The van der Waals surface area contributed by atoms with E-state index in [1.54, 1.807) is 18.2 Å². The smallest absolute Gasteiger partial charge is 0.252 e. The minimum atomic E-state index is -0.531. The van der Waals surface area contributed by atoms with Crippen molar-refractivity contribution in [2.75, 3.05) is 6.54 Å². The van der Waals surface area contributed by atoms with Gasteiger partial charge in [-0.05, 0) is 55.9 Å². The molecule has 2 aliphatic carbocycles. The fourth-order valence-electron chi connectivity index (χ4n) is 3.94. The number of halogens is 1. The van der Waals surface area contributed by atoms with Crippen LogP contribution in [0, 0.1) is 11.7 Å². The first-order chi connectivity index (χ1) is 14.5. The predicted octanol–water partition coefficient (Wildman–Crippen LogP) is 3.16. The molecule has 0 saturated heterocycles.